The lowest BCUT2D eigenvalue weighted by Gasteiger charge is -2.51. The summed E-state index contributed by atoms with van der Waals surface area (Å²) in [4.78, 5) is 24.5. The van der Waals surface area contributed by atoms with Crippen LogP contribution in [0.25, 0.3) is 0 Å². The lowest BCUT2D eigenvalue weighted by atomic mass is 9.89. The summed E-state index contributed by atoms with van der Waals surface area (Å²) in [6.45, 7) is 9.86. The van der Waals surface area contributed by atoms with Gasteiger partial charge in [-0.1, -0.05) is 20.4 Å². The fourth-order valence-corrected chi connectivity index (χ4v) is 3.79. The van der Waals surface area contributed by atoms with E-state index in [2.05, 4.69) is 6.58 Å². The quantitative estimate of drug-likeness (QED) is 0.383. The Morgan fingerprint density at radius 2 is 1.13 bits per heavy atom. The van der Waals surface area contributed by atoms with Crippen molar-refractivity contribution in [2.75, 3.05) is 52.9 Å². The first-order valence-corrected chi connectivity index (χ1v) is 10.6. The molecule has 6 fully saturated rings. The predicted octanol–water partition coefficient (Wildman–Crippen LogP) is 1.27. The van der Waals surface area contributed by atoms with Crippen LogP contribution in [0.2, 0.25) is 0 Å². The Morgan fingerprint density at radius 1 is 0.742 bits per heavy atom. The molecule has 0 N–H and O–H groups in total. The van der Waals surface area contributed by atoms with E-state index in [0.29, 0.717) is 52.5 Å². The molecule has 0 aromatic heterocycles. The summed E-state index contributed by atoms with van der Waals surface area (Å²) in [5.41, 5.74) is -1.08. The maximum Gasteiger partial charge on any atom is 0.334 e. The Bertz CT molecular complexity index is 683. The zero-order valence-electron chi connectivity index (χ0n) is 18.1. The standard InChI is InChI=1S/C21H30O10/c1-4-20-26-9-18(10-27-20,11-28-20)7-24-16(22)6-15(3)17(23)25-8-19-12-29-21(5-2,30-13-19)31-14-19/h3-14H2,1-2H3. The predicted molar refractivity (Wildman–Crippen MR) is 102 cm³/mol. The number of hydrogen-bond acceptors (Lipinski definition) is 10. The van der Waals surface area contributed by atoms with E-state index in [1.807, 2.05) is 13.8 Å². The summed E-state index contributed by atoms with van der Waals surface area (Å²) in [5.74, 6) is -3.20. The molecule has 0 spiro atoms. The molecule has 4 bridgehead atoms. The van der Waals surface area contributed by atoms with Crippen molar-refractivity contribution in [3.63, 3.8) is 0 Å². The Labute approximate surface area is 181 Å². The van der Waals surface area contributed by atoms with E-state index >= 15 is 0 Å². The molecular weight excluding hydrogens is 412 g/mol. The van der Waals surface area contributed by atoms with E-state index in [1.165, 1.54) is 0 Å². The third kappa shape index (κ3) is 4.50. The van der Waals surface area contributed by atoms with Gasteiger partial charge in [0.15, 0.2) is 0 Å². The van der Waals surface area contributed by atoms with Gasteiger partial charge in [-0.3, -0.25) is 4.79 Å². The van der Waals surface area contributed by atoms with E-state index in [9.17, 15) is 9.59 Å². The molecule has 6 rings (SSSR count). The average molecular weight is 442 g/mol. The van der Waals surface area contributed by atoms with Gasteiger partial charge in [-0.25, -0.2) is 4.79 Å². The van der Waals surface area contributed by atoms with E-state index < -0.39 is 34.7 Å². The SMILES string of the molecule is C=C(CC(=O)OCC12COC(CC)(OC1)OC2)C(=O)OCC12COC(CC)(OC1)OC2. The summed E-state index contributed by atoms with van der Waals surface area (Å²) >= 11 is 0. The number of esters is 2. The molecule has 0 aliphatic carbocycles. The van der Waals surface area contributed by atoms with E-state index in [0.717, 1.165) is 0 Å². The summed E-state index contributed by atoms with van der Waals surface area (Å²) < 4.78 is 44.5. The van der Waals surface area contributed by atoms with Crippen molar-refractivity contribution in [2.24, 2.45) is 10.8 Å². The van der Waals surface area contributed by atoms with E-state index in [1.54, 1.807) is 0 Å². The first-order chi connectivity index (χ1) is 14.8. The molecule has 0 aromatic rings. The molecule has 6 saturated heterocycles. The molecule has 31 heavy (non-hydrogen) atoms. The molecule has 0 aromatic carbocycles. The Balaban J connectivity index is 1.18. The van der Waals surface area contributed by atoms with Crippen molar-refractivity contribution in [1.29, 1.82) is 0 Å². The van der Waals surface area contributed by atoms with Gasteiger partial charge in [-0.15, -0.1) is 0 Å². The van der Waals surface area contributed by atoms with Crippen LogP contribution in [0, 0.1) is 10.8 Å². The Hall–Kier alpha value is -1.56. The number of fused-ring (bicyclic) bond motifs is 6. The molecule has 10 heteroatoms. The molecule has 6 heterocycles. The fraction of sp³-hybridized carbons (Fsp3) is 0.810. The van der Waals surface area contributed by atoms with Gasteiger partial charge < -0.3 is 37.9 Å². The number of rotatable bonds is 9. The molecule has 0 saturated carbocycles. The zero-order chi connectivity index (χ0) is 22.2. The normalized spacial score (nSPS) is 38.6. The van der Waals surface area contributed by atoms with Gasteiger partial charge in [0, 0.05) is 18.4 Å². The van der Waals surface area contributed by atoms with Gasteiger partial charge in [0.25, 0.3) is 11.9 Å². The highest BCUT2D eigenvalue weighted by Gasteiger charge is 2.53. The van der Waals surface area contributed by atoms with Crippen LogP contribution in [0.4, 0.5) is 0 Å². The van der Waals surface area contributed by atoms with Crippen molar-refractivity contribution < 1.29 is 47.5 Å². The van der Waals surface area contributed by atoms with Gasteiger partial charge in [0.05, 0.1) is 56.9 Å². The van der Waals surface area contributed by atoms with Crippen LogP contribution in [0.15, 0.2) is 12.2 Å². The van der Waals surface area contributed by atoms with Crippen LogP contribution in [0.1, 0.15) is 33.1 Å². The van der Waals surface area contributed by atoms with Gasteiger partial charge in [0.2, 0.25) is 0 Å². The molecular formula is C21H30O10. The first-order valence-electron chi connectivity index (χ1n) is 10.6. The monoisotopic (exact) mass is 442 g/mol. The van der Waals surface area contributed by atoms with Crippen LogP contribution in [0.3, 0.4) is 0 Å². The highest BCUT2D eigenvalue weighted by atomic mass is 16.9. The largest absolute Gasteiger partial charge is 0.465 e. The summed E-state index contributed by atoms with van der Waals surface area (Å²) in [7, 11) is 0. The Morgan fingerprint density at radius 3 is 1.52 bits per heavy atom. The number of ether oxygens (including phenoxy) is 8. The number of hydrogen-bond donors (Lipinski definition) is 0. The Kier molecular flexibility index (Phi) is 6.14. The van der Waals surface area contributed by atoms with Crippen LogP contribution in [-0.4, -0.2) is 76.7 Å². The lowest BCUT2D eigenvalue weighted by Crippen LogP contribution is -2.61. The minimum atomic E-state index is -0.978. The van der Waals surface area contributed by atoms with Gasteiger partial charge >= 0.3 is 11.9 Å². The van der Waals surface area contributed by atoms with Crippen molar-refractivity contribution in [3.05, 3.63) is 12.2 Å². The zero-order valence-corrected chi connectivity index (χ0v) is 18.1. The van der Waals surface area contributed by atoms with Crippen molar-refractivity contribution in [3.8, 4) is 0 Å². The van der Waals surface area contributed by atoms with Crippen LogP contribution >= 0.6 is 0 Å². The van der Waals surface area contributed by atoms with Gasteiger partial charge in [-0.2, -0.15) is 0 Å². The third-order valence-electron chi connectivity index (χ3n) is 6.15. The first kappa shape index (κ1) is 22.6. The topological polar surface area (TPSA) is 108 Å². The average Bonchev–Trinajstić information content (AvgIpc) is 2.83. The third-order valence-corrected chi connectivity index (χ3v) is 6.15. The molecule has 0 radical (unpaired) electrons. The number of carbonyl (C=O) groups is 2. The molecule has 10 nitrogen and oxygen atoms in total. The smallest absolute Gasteiger partial charge is 0.334 e. The van der Waals surface area contributed by atoms with Crippen LogP contribution in [-0.2, 0) is 47.5 Å². The van der Waals surface area contributed by atoms with Crippen LogP contribution in [0.5, 0.6) is 0 Å². The summed E-state index contributed by atoms with van der Waals surface area (Å²) in [6, 6.07) is 0. The second-order valence-corrected chi connectivity index (χ2v) is 8.82. The maximum absolute atomic E-state index is 12.3. The van der Waals surface area contributed by atoms with Gasteiger partial charge in [0.1, 0.15) is 13.2 Å². The lowest BCUT2D eigenvalue weighted by molar-refractivity contribution is -0.470. The van der Waals surface area contributed by atoms with Crippen molar-refractivity contribution in [2.45, 2.75) is 45.1 Å². The second kappa shape index (κ2) is 8.42. The molecule has 0 amide bonds. The second-order valence-electron chi connectivity index (χ2n) is 8.82. The molecule has 0 atom stereocenters. The van der Waals surface area contributed by atoms with Crippen LogP contribution < -0.4 is 0 Å². The minimum absolute atomic E-state index is 0.0113. The summed E-state index contributed by atoms with van der Waals surface area (Å²) in [6.07, 6.45) is 0.884. The maximum atomic E-state index is 12.3. The highest BCUT2D eigenvalue weighted by molar-refractivity contribution is 5.93. The molecule has 6 aliphatic heterocycles. The van der Waals surface area contributed by atoms with Crippen molar-refractivity contribution in [1.82, 2.24) is 0 Å². The molecule has 6 aliphatic rings. The van der Waals surface area contributed by atoms with Gasteiger partial charge in [-0.05, 0) is 0 Å². The van der Waals surface area contributed by atoms with E-state index in [4.69, 9.17) is 37.9 Å². The molecule has 0 unspecified atom stereocenters. The summed E-state index contributed by atoms with van der Waals surface area (Å²) in [5, 5.41) is 0. The number of carbonyl (C=O) groups excluding carboxylic acids is 2. The van der Waals surface area contributed by atoms with Crippen molar-refractivity contribution >= 4 is 11.9 Å². The minimum Gasteiger partial charge on any atom is -0.465 e. The molecule has 174 valence electrons. The fourth-order valence-electron chi connectivity index (χ4n) is 3.79. The highest BCUT2D eigenvalue weighted by Crippen LogP contribution is 2.41. The van der Waals surface area contributed by atoms with E-state index in [-0.39, 0.29) is 25.2 Å².